The van der Waals surface area contributed by atoms with Gasteiger partial charge in [-0.2, -0.15) is 0 Å². The number of amides is 1. The van der Waals surface area contributed by atoms with E-state index in [4.69, 9.17) is 4.74 Å². The molecule has 0 saturated carbocycles. The van der Waals surface area contributed by atoms with Crippen molar-refractivity contribution in [2.45, 2.75) is 38.6 Å². The first-order valence-corrected chi connectivity index (χ1v) is 6.91. The molecule has 0 spiro atoms. The number of carbonyl (C=O) groups excluding carboxylic acids is 1. The number of nitrogens with zero attached hydrogens (tertiary/aromatic N) is 1. The Hall–Kier alpha value is -0.610. The first-order chi connectivity index (χ1) is 8.31. The van der Waals surface area contributed by atoms with E-state index >= 15 is 0 Å². The summed E-state index contributed by atoms with van der Waals surface area (Å²) in [7, 11) is 0. The van der Waals surface area contributed by atoms with E-state index in [9.17, 15) is 4.79 Å². The van der Waals surface area contributed by atoms with Crippen molar-refractivity contribution < 1.29 is 9.53 Å². The molecule has 0 aromatic heterocycles. The molecule has 4 nitrogen and oxygen atoms in total. The number of nitrogens with one attached hydrogen (secondary N) is 1. The van der Waals surface area contributed by atoms with Crippen molar-refractivity contribution in [1.82, 2.24) is 10.2 Å². The minimum absolute atomic E-state index is 0.0785. The van der Waals surface area contributed by atoms with Crippen LogP contribution in [-0.2, 0) is 9.53 Å². The van der Waals surface area contributed by atoms with Gasteiger partial charge in [-0.3, -0.25) is 4.79 Å². The average Bonchev–Trinajstić information content (AvgIpc) is 2.95. The highest BCUT2D eigenvalue weighted by atomic mass is 16.5. The van der Waals surface area contributed by atoms with Crippen LogP contribution >= 0.6 is 0 Å². The monoisotopic (exact) mass is 240 g/mol. The van der Waals surface area contributed by atoms with Gasteiger partial charge in [-0.05, 0) is 38.1 Å². The van der Waals surface area contributed by atoms with Gasteiger partial charge in [0.05, 0.1) is 6.04 Å². The number of rotatable bonds is 6. The fourth-order valence-corrected chi connectivity index (χ4v) is 2.62. The van der Waals surface area contributed by atoms with E-state index in [1.54, 1.807) is 0 Å². The van der Waals surface area contributed by atoms with Gasteiger partial charge < -0.3 is 15.0 Å². The van der Waals surface area contributed by atoms with E-state index < -0.39 is 0 Å². The second-order valence-electron chi connectivity index (χ2n) is 5.14. The standard InChI is InChI=1S/C13H24N2O2/c1-2-6-14-12-4-8-15(13(12)16)7-3-11-5-9-17-10-11/h11-12,14H,2-10H2,1H3. The highest BCUT2D eigenvalue weighted by Gasteiger charge is 2.31. The Morgan fingerprint density at radius 3 is 3.06 bits per heavy atom. The molecule has 2 atom stereocenters. The Balaban J connectivity index is 1.69. The van der Waals surface area contributed by atoms with Gasteiger partial charge in [0.1, 0.15) is 0 Å². The van der Waals surface area contributed by atoms with E-state index in [0.29, 0.717) is 11.8 Å². The maximum absolute atomic E-state index is 12.0. The van der Waals surface area contributed by atoms with Gasteiger partial charge in [-0.15, -0.1) is 0 Å². The first kappa shape index (κ1) is 12.8. The third-order valence-electron chi connectivity index (χ3n) is 3.77. The van der Waals surface area contributed by atoms with E-state index in [-0.39, 0.29) is 6.04 Å². The molecule has 0 aromatic carbocycles. The Bertz CT molecular complexity index is 252. The van der Waals surface area contributed by atoms with Crippen LogP contribution in [0.4, 0.5) is 0 Å². The predicted molar refractivity (Wildman–Crippen MR) is 66.8 cm³/mol. The van der Waals surface area contributed by atoms with Crippen molar-refractivity contribution in [3.8, 4) is 0 Å². The third kappa shape index (κ3) is 3.42. The Labute approximate surface area is 104 Å². The molecule has 0 aliphatic carbocycles. The van der Waals surface area contributed by atoms with Crippen molar-refractivity contribution in [3.63, 3.8) is 0 Å². The fraction of sp³-hybridized carbons (Fsp3) is 0.923. The van der Waals surface area contributed by atoms with Gasteiger partial charge in [0.2, 0.25) is 5.91 Å². The lowest BCUT2D eigenvalue weighted by Gasteiger charge is -2.18. The molecule has 17 heavy (non-hydrogen) atoms. The molecule has 2 aliphatic rings. The Kier molecular flexibility index (Phi) is 4.80. The van der Waals surface area contributed by atoms with Gasteiger partial charge in [0.25, 0.3) is 0 Å². The number of likely N-dealkylation sites (tertiary alicyclic amines) is 1. The van der Waals surface area contributed by atoms with Crippen LogP contribution in [0.3, 0.4) is 0 Å². The Morgan fingerprint density at radius 1 is 1.47 bits per heavy atom. The van der Waals surface area contributed by atoms with Crippen molar-refractivity contribution in [2.24, 2.45) is 5.92 Å². The van der Waals surface area contributed by atoms with Gasteiger partial charge in [-0.25, -0.2) is 0 Å². The summed E-state index contributed by atoms with van der Waals surface area (Å²) in [5.74, 6) is 0.975. The van der Waals surface area contributed by atoms with Crippen LogP contribution in [0.25, 0.3) is 0 Å². The zero-order valence-electron chi connectivity index (χ0n) is 10.8. The topological polar surface area (TPSA) is 41.6 Å². The molecular formula is C13H24N2O2. The summed E-state index contributed by atoms with van der Waals surface area (Å²) >= 11 is 0. The number of hydrogen-bond acceptors (Lipinski definition) is 3. The minimum Gasteiger partial charge on any atom is -0.381 e. The molecule has 98 valence electrons. The Morgan fingerprint density at radius 2 is 2.35 bits per heavy atom. The SMILES string of the molecule is CCCNC1CCN(CCC2CCOC2)C1=O. The molecule has 2 heterocycles. The summed E-state index contributed by atoms with van der Waals surface area (Å²) in [5.41, 5.74) is 0. The number of ether oxygens (including phenoxy) is 1. The molecule has 2 fully saturated rings. The zero-order chi connectivity index (χ0) is 12.1. The van der Waals surface area contributed by atoms with Crippen molar-refractivity contribution in [3.05, 3.63) is 0 Å². The molecular weight excluding hydrogens is 216 g/mol. The highest BCUT2D eigenvalue weighted by molar-refractivity contribution is 5.83. The van der Waals surface area contributed by atoms with E-state index in [1.165, 1.54) is 6.42 Å². The quantitative estimate of drug-likeness (QED) is 0.753. The second-order valence-corrected chi connectivity index (χ2v) is 5.14. The van der Waals surface area contributed by atoms with Gasteiger partial charge in [0, 0.05) is 26.3 Å². The molecule has 0 aromatic rings. The fourth-order valence-electron chi connectivity index (χ4n) is 2.62. The van der Waals surface area contributed by atoms with Crippen LogP contribution in [-0.4, -0.2) is 49.7 Å². The maximum atomic E-state index is 12.0. The third-order valence-corrected chi connectivity index (χ3v) is 3.77. The maximum Gasteiger partial charge on any atom is 0.239 e. The lowest BCUT2D eigenvalue weighted by molar-refractivity contribution is -0.129. The van der Waals surface area contributed by atoms with E-state index in [0.717, 1.165) is 52.1 Å². The van der Waals surface area contributed by atoms with Crippen LogP contribution in [0, 0.1) is 5.92 Å². The molecule has 2 unspecified atom stereocenters. The van der Waals surface area contributed by atoms with Crippen LogP contribution in [0.2, 0.25) is 0 Å². The van der Waals surface area contributed by atoms with Crippen LogP contribution in [0.15, 0.2) is 0 Å². The molecule has 2 rings (SSSR count). The summed E-state index contributed by atoms with van der Waals surface area (Å²) in [6.45, 7) is 6.70. The van der Waals surface area contributed by atoms with Crippen molar-refractivity contribution >= 4 is 5.91 Å². The molecule has 0 radical (unpaired) electrons. The summed E-state index contributed by atoms with van der Waals surface area (Å²) in [4.78, 5) is 14.1. The normalized spacial score (nSPS) is 29.2. The largest absolute Gasteiger partial charge is 0.381 e. The lowest BCUT2D eigenvalue weighted by atomic mass is 10.1. The number of hydrogen-bond donors (Lipinski definition) is 1. The van der Waals surface area contributed by atoms with E-state index in [2.05, 4.69) is 12.2 Å². The lowest BCUT2D eigenvalue weighted by Crippen LogP contribution is -2.39. The smallest absolute Gasteiger partial charge is 0.239 e. The molecule has 2 aliphatic heterocycles. The molecule has 1 amide bonds. The molecule has 4 heteroatoms. The van der Waals surface area contributed by atoms with Gasteiger partial charge >= 0.3 is 0 Å². The van der Waals surface area contributed by atoms with Gasteiger partial charge in [0.15, 0.2) is 0 Å². The summed E-state index contributed by atoms with van der Waals surface area (Å²) in [6, 6.07) is 0.0785. The minimum atomic E-state index is 0.0785. The molecule has 1 N–H and O–H groups in total. The zero-order valence-corrected chi connectivity index (χ0v) is 10.8. The van der Waals surface area contributed by atoms with E-state index in [1.807, 2.05) is 4.90 Å². The molecule has 2 saturated heterocycles. The van der Waals surface area contributed by atoms with Crippen molar-refractivity contribution in [1.29, 1.82) is 0 Å². The van der Waals surface area contributed by atoms with Crippen LogP contribution < -0.4 is 5.32 Å². The average molecular weight is 240 g/mol. The number of carbonyl (C=O) groups is 1. The van der Waals surface area contributed by atoms with Crippen LogP contribution in [0.1, 0.15) is 32.6 Å². The summed E-state index contributed by atoms with van der Waals surface area (Å²) in [6.07, 6.45) is 4.33. The summed E-state index contributed by atoms with van der Waals surface area (Å²) in [5, 5.41) is 3.32. The van der Waals surface area contributed by atoms with Crippen LogP contribution in [0.5, 0.6) is 0 Å². The highest BCUT2D eigenvalue weighted by Crippen LogP contribution is 2.19. The summed E-state index contributed by atoms with van der Waals surface area (Å²) < 4.78 is 5.36. The van der Waals surface area contributed by atoms with Crippen molar-refractivity contribution in [2.75, 3.05) is 32.8 Å². The molecule has 0 bridgehead atoms. The first-order valence-electron chi connectivity index (χ1n) is 6.91. The second kappa shape index (κ2) is 6.36. The predicted octanol–water partition coefficient (Wildman–Crippen LogP) is 1.01. The van der Waals surface area contributed by atoms with Gasteiger partial charge in [-0.1, -0.05) is 6.92 Å².